The van der Waals surface area contributed by atoms with E-state index in [1.165, 1.54) is 12.4 Å². The Kier molecular flexibility index (Phi) is 3.52. The van der Waals surface area contributed by atoms with E-state index >= 15 is 0 Å². The Balaban J connectivity index is 2.39. The second kappa shape index (κ2) is 5.27. The van der Waals surface area contributed by atoms with Crippen LogP contribution in [-0.4, -0.2) is 28.2 Å². The number of methoxy groups -OCH3 is 1. The molecule has 0 fully saturated rings. The van der Waals surface area contributed by atoms with Gasteiger partial charge >= 0.3 is 5.97 Å². The average Bonchev–Trinajstić information content (AvgIpc) is 2.40. The van der Waals surface area contributed by atoms with Crippen molar-refractivity contribution in [2.75, 3.05) is 7.11 Å². The Bertz CT molecular complexity index is 526. The molecule has 0 aliphatic rings. The summed E-state index contributed by atoms with van der Waals surface area (Å²) in [5.74, 6) is -0.893. The van der Waals surface area contributed by atoms with Crippen LogP contribution in [0.1, 0.15) is 17.3 Å². The van der Waals surface area contributed by atoms with Gasteiger partial charge in [-0.2, -0.15) is 0 Å². The first-order valence-electron chi connectivity index (χ1n) is 5.36. The molecular formula is C13H12N2O3. The molecule has 2 aromatic rings. The first kappa shape index (κ1) is 12.0. The number of ether oxygens (including phenoxy) is 1. The number of rotatable bonds is 4. The molecule has 1 unspecified atom stereocenters. The number of carboxylic acids is 1. The minimum atomic E-state index is -0.980. The van der Waals surface area contributed by atoms with Gasteiger partial charge in [-0.05, 0) is 23.8 Å². The lowest BCUT2D eigenvalue weighted by atomic mass is 9.98. The Hall–Kier alpha value is -2.43. The van der Waals surface area contributed by atoms with Crippen LogP contribution in [-0.2, 0) is 4.79 Å². The molecule has 0 bridgehead atoms. The maximum absolute atomic E-state index is 11.3. The van der Waals surface area contributed by atoms with E-state index < -0.39 is 11.9 Å². The van der Waals surface area contributed by atoms with Crippen molar-refractivity contribution in [1.82, 2.24) is 9.97 Å². The van der Waals surface area contributed by atoms with Gasteiger partial charge in [0.2, 0.25) is 0 Å². The van der Waals surface area contributed by atoms with E-state index in [4.69, 9.17) is 4.74 Å². The standard InChI is InChI=1S/C13H12N2O3/c1-18-10-5-3-9(4-6-10)11(13(16)17)12-14-7-2-8-15-12/h2-8,11H,1H3,(H,16,17). The molecule has 0 spiro atoms. The molecule has 0 amide bonds. The molecule has 5 nitrogen and oxygen atoms in total. The van der Waals surface area contributed by atoms with Crippen molar-refractivity contribution < 1.29 is 14.6 Å². The first-order valence-corrected chi connectivity index (χ1v) is 5.36. The summed E-state index contributed by atoms with van der Waals surface area (Å²) in [6.45, 7) is 0. The predicted octanol–water partition coefficient (Wildman–Crippen LogP) is 1.70. The SMILES string of the molecule is COc1ccc(C(C(=O)O)c2ncccn2)cc1. The van der Waals surface area contributed by atoms with Crippen molar-refractivity contribution in [2.45, 2.75) is 5.92 Å². The molecule has 0 aliphatic heterocycles. The number of carbonyl (C=O) groups is 1. The second-order valence-corrected chi connectivity index (χ2v) is 3.65. The summed E-state index contributed by atoms with van der Waals surface area (Å²) in [4.78, 5) is 19.3. The molecule has 0 aliphatic carbocycles. The minimum Gasteiger partial charge on any atom is -0.497 e. The smallest absolute Gasteiger partial charge is 0.318 e. The number of hydrogen-bond donors (Lipinski definition) is 1. The molecule has 92 valence electrons. The van der Waals surface area contributed by atoms with Gasteiger partial charge in [0, 0.05) is 12.4 Å². The van der Waals surface area contributed by atoms with Crippen LogP contribution in [0.5, 0.6) is 5.75 Å². The summed E-state index contributed by atoms with van der Waals surface area (Å²) >= 11 is 0. The zero-order valence-electron chi connectivity index (χ0n) is 9.78. The van der Waals surface area contributed by atoms with Gasteiger partial charge < -0.3 is 9.84 Å². The molecule has 2 rings (SSSR count). The van der Waals surface area contributed by atoms with Crippen LogP contribution in [0.3, 0.4) is 0 Å². The van der Waals surface area contributed by atoms with Gasteiger partial charge in [-0.3, -0.25) is 4.79 Å². The molecule has 0 radical (unpaired) electrons. The minimum absolute atomic E-state index is 0.273. The number of hydrogen-bond acceptors (Lipinski definition) is 4. The predicted molar refractivity (Wildman–Crippen MR) is 64.5 cm³/mol. The molecule has 0 saturated heterocycles. The van der Waals surface area contributed by atoms with Crippen molar-refractivity contribution in [1.29, 1.82) is 0 Å². The maximum Gasteiger partial charge on any atom is 0.318 e. The van der Waals surface area contributed by atoms with E-state index in [1.54, 1.807) is 37.4 Å². The van der Waals surface area contributed by atoms with Crippen LogP contribution >= 0.6 is 0 Å². The normalized spacial score (nSPS) is 11.8. The zero-order chi connectivity index (χ0) is 13.0. The number of aromatic nitrogens is 2. The molecule has 1 atom stereocenters. The molecule has 5 heteroatoms. The highest BCUT2D eigenvalue weighted by molar-refractivity contribution is 5.79. The molecule has 0 saturated carbocycles. The summed E-state index contributed by atoms with van der Waals surface area (Å²) in [5, 5.41) is 9.30. The van der Waals surface area contributed by atoms with Gasteiger partial charge in [-0.1, -0.05) is 12.1 Å². The second-order valence-electron chi connectivity index (χ2n) is 3.65. The van der Waals surface area contributed by atoms with Gasteiger partial charge in [-0.25, -0.2) is 9.97 Å². The van der Waals surface area contributed by atoms with Gasteiger partial charge in [0.1, 0.15) is 17.5 Å². The highest BCUT2D eigenvalue weighted by atomic mass is 16.5. The van der Waals surface area contributed by atoms with Crippen LogP contribution in [0.15, 0.2) is 42.7 Å². The van der Waals surface area contributed by atoms with Crippen LogP contribution in [0.25, 0.3) is 0 Å². The van der Waals surface area contributed by atoms with Gasteiger partial charge in [-0.15, -0.1) is 0 Å². The van der Waals surface area contributed by atoms with Crippen molar-refractivity contribution in [3.63, 3.8) is 0 Å². The number of carboxylic acid groups (broad SMARTS) is 1. The van der Waals surface area contributed by atoms with Crippen molar-refractivity contribution in [2.24, 2.45) is 0 Å². The Labute approximate surface area is 104 Å². The van der Waals surface area contributed by atoms with Crippen molar-refractivity contribution in [3.8, 4) is 5.75 Å². The molecule has 1 heterocycles. The largest absolute Gasteiger partial charge is 0.497 e. The molecule has 1 aromatic carbocycles. The van der Waals surface area contributed by atoms with Gasteiger partial charge in [0.25, 0.3) is 0 Å². The number of aliphatic carboxylic acids is 1. The summed E-state index contributed by atoms with van der Waals surface area (Å²) in [6.07, 6.45) is 3.06. The fourth-order valence-electron chi connectivity index (χ4n) is 1.66. The molecular weight excluding hydrogens is 232 g/mol. The summed E-state index contributed by atoms with van der Waals surface area (Å²) < 4.78 is 5.04. The highest BCUT2D eigenvalue weighted by Gasteiger charge is 2.24. The van der Waals surface area contributed by atoms with Crippen LogP contribution < -0.4 is 4.74 Å². The van der Waals surface area contributed by atoms with Crippen molar-refractivity contribution >= 4 is 5.97 Å². The van der Waals surface area contributed by atoms with Crippen LogP contribution in [0.2, 0.25) is 0 Å². The monoisotopic (exact) mass is 244 g/mol. The van der Waals surface area contributed by atoms with E-state index in [2.05, 4.69) is 9.97 Å². The Morgan fingerprint density at radius 1 is 1.22 bits per heavy atom. The summed E-state index contributed by atoms with van der Waals surface area (Å²) in [6, 6.07) is 8.49. The third-order valence-electron chi connectivity index (χ3n) is 2.54. The van der Waals surface area contributed by atoms with E-state index in [0.717, 1.165) is 0 Å². The molecule has 1 N–H and O–H groups in total. The highest BCUT2D eigenvalue weighted by Crippen LogP contribution is 2.23. The van der Waals surface area contributed by atoms with Crippen LogP contribution in [0.4, 0.5) is 0 Å². The number of nitrogens with zero attached hydrogens (tertiary/aromatic N) is 2. The third-order valence-corrected chi connectivity index (χ3v) is 2.54. The Morgan fingerprint density at radius 2 is 1.83 bits per heavy atom. The van der Waals surface area contributed by atoms with Gasteiger partial charge in [0.05, 0.1) is 7.11 Å². The summed E-state index contributed by atoms with van der Waals surface area (Å²) in [7, 11) is 1.56. The fourth-order valence-corrected chi connectivity index (χ4v) is 1.66. The first-order chi connectivity index (χ1) is 8.72. The lowest BCUT2D eigenvalue weighted by molar-refractivity contribution is -0.137. The van der Waals surface area contributed by atoms with E-state index in [9.17, 15) is 9.90 Å². The summed E-state index contributed by atoms with van der Waals surface area (Å²) in [5.41, 5.74) is 0.620. The molecule has 1 aromatic heterocycles. The van der Waals surface area contributed by atoms with Crippen LogP contribution in [0, 0.1) is 0 Å². The van der Waals surface area contributed by atoms with E-state index in [0.29, 0.717) is 11.3 Å². The maximum atomic E-state index is 11.3. The quantitative estimate of drug-likeness (QED) is 0.886. The Morgan fingerprint density at radius 3 is 2.33 bits per heavy atom. The lowest BCUT2D eigenvalue weighted by Gasteiger charge is -2.11. The topological polar surface area (TPSA) is 72.3 Å². The van der Waals surface area contributed by atoms with E-state index in [1.807, 2.05) is 0 Å². The average molecular weight is 244 g/mol. The fraction of sp³-hybridized carbons (Fsp3) is 0.154. The zero-order valence-corrected chi connectivity index (χ0v) is 9.78. The molecule has 18 heavy (non-hydrogen) atoms. The third kappa shape index (κ3) is 2.45. The number of benzene rings is 1. The van der Waals surface area contributed by atoms with Crippen molar-refractivity contribution in [3.05, 3.63) is 54.1 Å². The van der Waals surface area contributed by atoms with Gasteiger partial charge in [0.15, 0.2) is 0 Å². The lowest BCUT2D eigenvalue weighted by Crippen LogP contribution is -2.15. The van der Waals surface area contributed by atoms with E-state index in [-0.39, 0.29) is 5.82 Å².